The lowest BCUT2D eigenvalue weighted by molar-refractivity contribution is -0.153. The van der Waals surface area contributed by atoms with Crippen LogP contribution in [0.4, 0.5) is 11.9 Å². The first-order valence-corrected chi connectivity index (χ1v) is 19.3. The highest BCUT2D eigenvalue weighted by Gasteiger charge is 2.39. The number of aromatic nitrogens is 3. The molecule has 2 rings (SSSR count). The molecule has 2 aromatic rings. The van der Waals surface area contributed by atoms with Crippen molar-refractivity contribution in [2.45, 2.75) is 174 Å². The number of unbranched alkanes of at least 4 members (excludes halogenated alkanes) is 15. The third-order valence-corrected chi connectivity index (χ3v) is 9.47. The number of rotatable bonds is 28. The average molecular weight is 682 g/mol. The normalized spacial score (nSPS) is 12.9. The molecule has 1 heterocycles. The summed E-state index contributed by atoms with van der Waals surface area (Å²) in [5, 5.41) is 11.5. The van der Waals surface area contributed by atoms with Gasteiger partial charge >= 0.3 is 5.97 Å². The first-order chi connectivity index (χ1) is 23.7. The Balaban J connectivity index is 2.26. The topological polar surface area (TPSA) is 146 Å². The van der Waals surface area contributed by atoms with E-state index in [9.17, 15) is 9.90 Å². The molecule has 0 radical (unpaired) electrons. The molecule has 9 heteroatoms. The van der Waals surface area contributed by atoms with E-state index in [1.807, 2.05) is 0 Å². The van der Waals surface area contributed by atoms with Gasteiger partial charge in [-0.05, 0) is 31.7 Å². The second-order valence-electron chi connectivity index (χ2n) is 13.6. The van der Waals surface area contributed by atoms with Crippen molar-refractivity contribution < 1.29 is 19.4 Å². The van der Waals surface area contributed by atoms with E-state index in [-0.39, 0.29) is 17.7 Å². The van der Waals surface area contributed by atoms with Crippen LogP contribution in [-0.2, 0) is 14.3 Å². The fourth-order valence-corrected chi connectivity index (χ4v) is 6.42. The van der Waals surface area contributed by atoms with Gasteiger partial charge in [0.05, 0.1) is 11.2 Å². The molecule has 1 aromatic carbocycles. The SMILES string of the molecule is C=C(C(=O)OC(C)C(O)c1ccccc1-c1nc(N)nc(N)n1)C(CCCCCCCC)(CCCCCCCC)OCCCCCCCC. The molecule has 0 amide bonds. The fraction of sp³-hybridized carbons (Fsp3) is 0.700. The van der Waals surface area contributed by atoms with Crippen LogP contribution in [0.25, 0.3) is 11.4 Å². The second kappa shape index (κ2) is 24.2. The third-order valence-electron chi connectivity index (χ3n) is 9.47. The Hall–Kier alpha value is -3.04. The molecule has 9 nitrogen and oxygen atoms in total. The number of hydrogen-bond acceptors (Lipinski definition) is 9. The van der Waals surface area contributed by atoms with E-state index >= 15 is 0 Å². The molecule has 49 heavy (non-hydrogen) atoms. The Morgan fingerprint density at radius 1 is 0.755 bits per heavy atom. The minimum absolute atomic E-state index is 0.0180. The maximum Gasteiger partial charge on any atom is 0.336 e. The molecular formula is C40H67N5O4. The maximum atomic E-state index is 14.0. The minimum atomic E-state index is -1.16. The molecular weight excluding hydrogens is 614 g/mol. The molecule has 0 aliphatic rings. The van der Waals surface area contributed by atoms with Gasteiger partial charge in [-0.2, -0.15) is 15.0 Å². The van der Waals surface area contributed by atoms with Crippen molar-refractivity contribution in [1.82, 2.24) is 15.0 Å². The quantitative estimate of drug-likeness (QED) is 0.0453. The maximum absolute atomic E-state index is 14.0. The summed E-state index contributed by atoms with van der Waals surface area (Å²) in [4.78, 5) is 26.2. The van der Waals surface area contributed by atoms with Gasteiger partial charge in [-0.3, -0.25) is 0 Å². The zero-order valence-electron chi connectivity index (χ0n) is 31.2. The van der Waals surface area contributed by atoms with Crippen molar-refractivity contribution in [3.05, 3.63) is 42.0 Å². The van der Waals surface area contributed by atoms with Gasteiger partial charge < -0.3 is 26.0 Å². The Morgan fingerprint density at radius 3 is 1.76 bits per heavy atom. The van der Waals surface area contributed by atoms with Crippen LogP contribution >= 0.6 is 0 Å². The fourth-order valence-electron chi connectivity index (χ4n) is 6.42. The van der Waals surface area contributed by atoms with Crippen LogP contribution in [0, 0.1) is 0 Å². The van der Waals surface area contributed by atoms with E-state index in [0.29, 0.717) is 23.3 Å². The Labute approximate surface area is 297 Å². The van der Waals surface area contributed by atoms with Crippen LogP contribution in [0.2, 0.25) is 0 Å². The number of nitrogens with zero attached hydrogens (tertiary/aromatic N) is 3. The van der Waals surface area contributed by atoms with Gasteiger partial charge in [0, 0.05) is 12.2 Å². The summed E-state index contributed by atoms with van der Waals surface area (Å²) in [5.74, 6) is -0.327. The number of anilines is 2. The molecule has 5 N–H and O–H groups in total. The van der Waals surface area contributed by atoms with E-state index in [0.717, 1.165) is 51.4 Å². The average Bonchev–Trinajstić information content (AvgIpc) is 3.09. The van der Waals surface area contributed by atoms with Crippen molar-refractivity contribution in [1.29, 1.82) is 0 Å². The van der Waals surface area contributed by atoms with Crippen molar-refractivity contribution in [2.75, 3.05) is 18.1 Å². The number of aliphatic hydroxyl groups is 1. The highest BCUT2D eigenvalue weighted by molar-refractivity contribution is 5.90. The minimum Gasteiger partial charge on any atom is -0.456 e. The van der Waals surface area contributed by atoms with Crippen LogP contribution in [0.3, 0.4) is 0 Å². The molecule has 0 saturated heterocycles. The molecule has 276 valence electrons. The van der Waals surface area contributed by atoms with Gasteiger partial charge in [-0.15, -0.1) is 0 Å². The van der Waals surface area contributed by atoms with Crippen molar-refractivity contribution in [2.24, 2.45) is 0 Å². The zero-order valence-corrected chi connectivity index (χ0v) is 31.2. The highest BCUT2D eigenvalue weighted by atomic mass is 16.6. The Bertz CT molecular complexity index is 1190. The summed E-state index contributed by atoms with van der Waals surface area (Å²) in [6.07, 6.45) is 20.2. The molecule has 0 bridgehead atoms. The van der Waals surface area contributed by atoms with Gasteiger partial charge in [-0.25, -0.2) is 4.79 Å². The van der Waals surface area contributed by atoms with Gasteiger partial charge in [-0.1, -0.05) is 161 Å². The molecule has 0 fully saturated rings. The number of nitrogens with two attached hydrogens (primary N) is 2. The van der Waals surface area contributed by atoms with Crippen LogP contribution in [0.5, 0.6) is 0 Å². The molecule has 2 unspecified atom stereocenters. The summed E-state index contributed by atoms with van der Waals surface area (Å²) < 4.78 is 12.8. The van der Waals surface area contributed by atoms with Gasteiger partial charge in [0.1, 0.15) is 12.2 Å². The first-order valence-electron chi connectivity index (χ1n) is 19.3. The zero-order chi connectivity index (χ0) is 35.9. The van der Waals surface area contributed by atoms with Crippen molar-refractivity contribution in [3.8, 4) is 11.4 Å². The number of benzene rings is 1. The monoisotopic (exact) mass is 682 g/mol. The van der Waals surface area contributed by atoms with E-state index < -0.39 is 23.8 Å². The molecule has 0 aliphatic carbocycles. The summed E-state index contributed by atoms with van der Waals surface area (Å²) in [7, 11) is 0. The second-order valence-corrected chi connectivity index (χ2v) is 13.6. The van der Waals surface area contributed by atoms with E-state index in [4.69, 9.17) is 20.9 Å². The predicted octanol–water partition coefficient (Wildman–Crippen LogP) is 9.84. The number of hydrogen-bond donors (Lipinski definition) is 3. The summed E-state index contributed by atoms with van der Waals surface area (Å²) >= 11 is 0. The number of ether oxygens (including phenoxy) is 2. The van der Waals surface area contributed by atoms with Crippen LogP contribution < -0.4 is 11.5 Å². The number of carbonyl (C=O) groups is 1. The molecule has 2 atom stereocenters. The van der Waals surface area contributed by atoms with E-state index in [1.165, 1.54) is 77.0 Å². The summed E-state index contributed by atoms with van der Waals surface area (Å²) in [6.45, 7) is 13.3. The van der Waals surface area contributed by atoms with Gasteiger partial charge in [0.2, 0.25) is 11.9 Å². The van der Waals surface area contributed by atoms with Crippen LogP contribution in [0.1, 0.15) is 168 Å². The standard InChI is InChI=1S/C40H67N5O4/c1-6-9-12-15-18-23-28-40(29-24-19-16-13-10-7-2,48-30-25-20-17-14-11-8-3)31(4)37(47)49-32(5)35(46)33-26-21-22-27-34(33)36-43-38(41)45-39(42)44-36/h21-22,26-27,32,35,46H,4,6-20,23-25,28-30H2,1-3,5H3,(H4,41,42,43,44,45). The van der Waals surface area contributed by atoms with Gasteiger partial charge in [0.25, 0.3) is 0 Å². The van der Waals surface area contributed by atoms with Gasteiger partial charge in [0.15, 0.2) is 5.82 Å². The largest absolute Gasteiger partial charge is 0.456 e. The number of esters is 1. The number of nitrogen functional groups attached to an aromatic ring is 2. The summed E-state index contributed by atoms with van der Waals surface area (Å²) in [5.41, 5.74) is 12.2. The molecule has 0 saturated carbocycles. The van der Waals surface area contributed by atoms with Crippen molar-refractivity contribution in [3.63, 3.8) is 0 Å². The first kappa shape index (κ1) is 42.1. The molecule has 0 aliphatic heterocycles. The molecule has 1 aromatic heterocycles. The number of carbonyl (C=O) groups excluding carboxylic acids is 1. The lowest BCUT2D eigenvalue weighted by Gasteiger charge is -2.36. The van der Waals surface area contributed by atoms with Crippen LogP contribution in [0.15, 0.2) is 36.4 Å². The smallest absolute Gasteiger partial charge is 0.336 e. The molecule has 0 spiro atoms. The number of aliphatic hydroxyl groups excluding tert-OH is 1. The summed E-state index contributed by atoms with van der Waals surface area (Å²) in [6, 6.07) is 7.12. The van der Waals surface area contributed by atoms with Crippen LogP contribution in [-0.4, -0.2) is 44.3 Å². The van der Waals surface area contributed by atoms with Crippen molar-refractivity contribution >= 4 is 17.9 Å². The Morgan fingerprint density at radius 2 is 1.22 bits per heavy atom. The van der Waals surface area contributed by atoms with E-state index in [1.54, 1.807) is 31.2 Å². The predicted molar refractivity (Wildman–Crippen MR) is 202 cm³/mol. The highest BCUT2D eigenvalue weighted by Crippen LogP contribution is 2.36. The third kappa shape index (κ3) is 15.2. The Kier molecular flexibility index (Phi) is 20.8. The lowest BCUT2D eigenvalue weighted by Crippen LogP contribution is -2.40. The van der Waals surface area contributed by atoms with E-state index in [2.05, 4.69) is 42.3 Å². The lowest BCUT2D eigenvalue weighted by atomic mass is 9.83.